The summed E-state index contributed by atoms with van der Waals surface area (Å²) in [6.07, 6.45) is 1.60. The summed E-state index contributed by atoms with van der Waals surface area (Å²) in [5.74, 6) is -2.50. The average Bonchev–Trinajstić information content (AvgIpc) is 2.89. The molecule has 0 heterocycles. The maximum Gasteiger partial charge on any atom is 0.252 e. The summed E-state index contributed by atoms with van der Waals surface area (Å²) in [4.78, 5) is 39.1. The number of rotatable bonds is 14. The quantitative estimate of drug-likeness (QED) is 0.180. The van der Waals surface area contributed by atoms with Gasteiger partial charge in [-0.3, -0.25) is 14.4 Å². The Hall–Kier alpha value is -3.48. The van der Waals surface area contributed by atoms with Crippen LogP contribution in [0.25, 0.3) is 0 Å². The lowest BCUT2D eigenvalue weighted by Crippen LogP contribution is -2.57. The van der Waals surface area contributed by atoms with Crippen molar-refractivity contribution >= 4 is 27.6 Å². The maximum atomic E-state index is 13.1. The number of phenolic OH excluding ortho intramolecular Hbond substituents is 1. The number of aromatic hydroxyl groups is 1. The molecule has 0 spiro atoms. The normalized spacial score (nSPS) is 13.8. The average molecular weight is 578 g/mol. The number of hydrogen-bond donors (Lipinski definition) is 6. The van der Waals surface area contributed by atoms with Crippen molar-refractivity contribution in [2.24, 2.45) is 5.92 Å². The van der Waals surface area contributed by atoms with Gasteiger partial charge in [-0.05, 0) is 43.4 Å². The zero-order chi connectivity index (χ0) is 30.0. The Labute approximate surface area is 235 Å². The molecule has 3 amide bonds. The van der Waals surface area contributed by atoms with Crippen LogP contribution >= 0.6 is 0 Å². The molecule has 0 aliphatic carbocycles. The standard InChI is InChI=1S/C28H40N4O7S/c1-17(2)25(32-26(35)22-6-5-7-24(34)18(22)3)28(37)31-23(16-33)27(36)30-21(12-13-40(4,38)39)14-19-8-10-20(15-29)11-9-19/h5-11,17,21,23,25,33-34H,12-16,29H2,1-4H3,(H,30,36)(H,31,37)(H,32,35)/p+1/t21-,23+,25+/m1/s1. The molecule has 40 heavy (non-hydrogen) atoms. The highest BCUT2D eigenvalue weighted by Crippen LogP contribution is 2.20. The molecule has 0 fully saturated rings. The van der Waals surface area contributed by atoms with E-state index in [9.17, 15) is 33.0 Å². The maximum absolute atomic E-state index is 13.1. The summed E-state index contributed by atoms with van der Waals surface area (Å²) in [7, 11) is -3.30. The van der Waals surface area contributed by atoms with Crippen molar-refractivity contribution in [2.45, 2.75) is 58.3 Å². The minimum atomic E-state index is -3.30. The minimum absolute atomic E-state index is 0.0565. The molecule has 3 atom stereocenters. The summed E-state index contributed by atoms with van der Waals surface area (Å²) < 4.78 is 23.6. The molecular weight excluding hydrogens is 536 g/mol. The van der Waals surface area contributed by atoms with E-state index in [1.165, 1.54) is 18.2 Å². The molecule has 220 valence electrons. The molecule has 0 saturated heterocycles. The summed E-state index contributed by atoms with van der Waals surface area (Å²) in [5, 5.41) is 27.7. The topological polar surface area (TPSA) is 190 Å². The molecule has 12 heteroatoms. The Bertz CT molecular complexity index is 1280. The first-order chi connectivity index (χ1) is 18.7. The van der Waals surface area contributed by atoms with Crippen molar-refractivity contribution in [3.05, 3.63) is 64.7 Å². The van der Waals surface area contributed by atoms with Crippen molar-refractivity contribution < 1.29 is 38.7 Å². The number of nitrogens with one attached hydrogen (secondary N) is 3. The van der Waals surface area contributed by atoms with Crippen LogP contribution in [-0.4, -0.2) is 73.1 Å². The highest BCUT2D eigenvalue weighted by Gasteiger charge is 2.30. The Morgan fingerprint density at radius 3 is 2.12 bits per heavy atom. The van der Waals surface area contributed by atoms with Gasteiger partial charge in [0.05, 0.1) is 18.9 Å². The second-order valence-electron chi connectivity index (χ2n) is 10.3. The van der Waals surface area contributed by atoms with E-state index in [1.54, 1.807) is 20.8 Å². The Kier molecular flexibility index (Phi) is 12.1. The molecule has 0 saturated carbocycles. The van der Waals surface area contributed by atoms with E-state index in [1.807, 2.05) is 24.3 Å². The van der Waals surface area contributed by atoms with Crippen LogP contribution in [-0.2, 0) is 32.4 Å². The highest BCUT2D eigenvalue weighted by molar-refractivity contribution is 7.90. The summed E-state index contributed by atoms with van der Waals surface area (Å²) in [6, 6.07) is 9.13. The molecule has 2 rings (SSSR count). The van der Waals surface area contributed by atoms with E-state index in [2.05, 4.69) is 21.7 Å². The number of quaternary nitrogens is 1. The number of carbonyl (C=O) groups excluding carboxylic acids is 3. The molecule has 0 unspecified atom stereocenters. The van der Waals surface area contributed by atoms with Crippen LogP contribution in [0.15, 0.2) is 42.5 Å². The number of hydrogen-bond acceptors (Lipinski definition) is 7. The molecular formula is C28H41N4O7S+. The fourth-order valence-corrected chi connectivity index (χ4v) is 4.80. The Balaban J connectivity index is 2.14. The lowest BCUT2D eigenvalue weighted by molar-refractivity contribution is -0.386. The van der Waals surface area contributed by atoms with Crippen LogP contribution in [0, 0.1) is 12.8 Å². The number of carbonyl (C=O) groups is 3. The Morgan fingerprint density at radius 2 is 1.57 bits per heavy atom. The van der Waals surface area contributed by atoms with Gasteiger partial charge >= 0.3 is 0 Å². The minimum Gasteiger partial charge on any atom is -0.508 e. The molecule has 2 aromatic rings. The third-order valence-electron chi connectivity index (χ3n) is 6.58. The molecule has 0 aliphatic heterocycles. The van der Waals surface area contributed by atoms with Crippen LogP contribution in [0.2, 0.25) is 0 Å². The molecule has 8 N–H and O–H groups in total. The SMILES string of the molecule is Cc1c(O)cccc1C(=O)N[C@H](C(=O)N[C@@H](CO)C(=O)N[C@H](CCS(C)(=O)=O)Cc1ccc(C[NH3+])cc1)C(C)C. The van der Waals surface area contributed by atoms with Crippen LogP contribution in [0.4, 0.5) is 0 Å². The van der Waals surface area contributed by atoms with Crippen molar-refractivity contribution in [3.63, 3.8) is 0 Å². The van der Waals surface area contributed by atoms with Crippen molar-refractivity contribution in [1.82, 2.24) is 16.0 Å². The van der Waals surface area contributed by atoms with Crippen molar-refractivity contribution in [1.29, 1.82) is 0 Å². The summed E-state index contributed by atoms with van der Waals surface area (Å²) in [5.41, 5.74) is 6.32. The third-order valence-corrected chi connectivity index (χ3v) is 7.56. The van der Waals surface area contributed by atoms with E-state index < -0.39 is 52.3 Å². The predicted octanol–water partition coefficient (Wildman–Crippen LogP) is -0.164. The lowest BCUT2D eigenvalue weighted by atomic mass is 10.0. The van der Waals surface area contributed by atoms with Gasteiger partial charge in [0.25, 0.3) is 5.91 Å². The van der Waals surface area contributed by atoms with E-state index in [0.717, 1.165) is 17.4 Å². The van der Waals surface area contributed by atoms with Gasteiger partial charge in [0.1, 0.15) is 27.7 Å². The second-order valence-corrected chi connectivity index (χ2v) is 12.5. The number of phenols is 1. The number of aliphatic hydroxyl groups is 1. The van der Waals surface area contributed by atoms with Gasteiger partial charge in [0, 0.05) is 29.0 Å². The third kappa shape index (κ3) is 9.92. The molecule has 0 bridgehead atoms. The van der Waals surface area contributed by atoms with Crippen molar-refractivity contribution in [3.8, 4) is 5.75 Å². The van der Waals surface area contributed by atoms with Crippen LogP contribution in [0.3, 0.4) is 0 Å². The first-order valence-electron chi connectivity index (χ1n) is 13.1. The zero-order valence-corrected chi connectivity index (χ0v) is 24.3. The van der Waals surface area contributed by atoms with E-state index in [0.29, 0.717) is 18.5 Å². The lowest BCUT2D eigenvalue weighted by Gasteiger charge is -2.26. The monoisotopic (exact) mass is 577 g/mol. The first kappa shape index (κ1) is 32.7. The highest BCUT2D eigenvalue weighted by atomic mass is 32.2. The van der Waals surface area contributed by atoms with Gasteiger partial charge in [-0.1, -0.05) is 44.2 Å². The second kappa shape index (κ2) is 14.8. The summed E-state index contributed by atoms with van der Waals surface area (Å²) >= 11 is 0. The van der Waals surface area contributed by atoms with Gasteiger partial charge in [-0.15, -0.1) is 0 Å². The number of amides is 3. The van der Waals surface area contributed by atoms with E-state index in [4.69, 9.17) is 0 Å². The number of benzene rings is 2. The molecule has 0 radical (unpaired) electrons. The first-order valence-corrected chi connectivity index (χ1v) is 15.2. The number of sulfone groups is 1. The van der Waals surface area contributed by atoms with Crippen LogP contribution < -0.4 is 21.7 Å². The van der Waals surface area contributed by atoms with E-state index >= 15 is 0 Å². The molecule has 2 aromatic carbocycles. The van der Waals surface area contributed by atoms with Crippen LogP contribution in [0.1, 0.15) is 47.3 Å². The molecule has 11 nitrogen and oxygen atoms in total. The van der Waals surface area contributed by atoms with Gasteiger partial charge in [-0.2, -0.15) is 0 Å². The van der Waals surface area contributed by atoms with E-state index in [-0.39, 0.29) is 29.4 Å². The van der Waals surface area contributed by atoms with Gasteiger partial charge in [-0.25, -0.2) is 8.42 Å². The Morgan fingerprint density at radius 1 is 0.950 bits per heavy atom. The van der Waals surface area contributed by atoms with Gasteiger partial charge in [0.15, 0.2) is 0 Å². The number of aliphatic hydroxyl groups excluding tert-OH is 1. The zero-order valence-electron chi connectivity index (χ0n) is 23.4. The fraction of sp³-hybridized carbons (Fsp3) is 0.464. The predicted molar refractivity (Wildman–Crippen MR) is 151 cm³/mol. The fourth-order valence-electron chi connectivity index (χ4n) is 4.09. The summed E-state index contributed by atoms with van der Waals surface area (Å²) in [6.45, 7) is 4.93. The molecule has 0 aromatic heterocycles. The van der Waals surface area contributed by atoms with Gasteiger partial charge in [0.2, 0.25) is 11.8 Å². The van der Waals surface area contributed by atoms with Crippen molar-refractivity contribution in [2.75, 3.05) is 18.6 Å². The van der Waals surface area contributed by atoms with Crippen LogP contribution in [0.5, 0.6) is 5.75 Å². The smallest absolute Gasteiger partial charge is 0.252 e. The van der Waals surface area contributed by atoms with Gasteiger partial charge < -0.3 is 31.9 Å². The molecule has 0 aliphatic rings. The largest absolute Gasteiger partial charge is 0.508 e.